The lowest BCUT2D eigenvalue weighted by atomic mass is 10.1. The molecule has 0 fully saturated rings. The number of nitrogens with zero attached hydrogens (tertiary/aromatic N) is 3. The van der Waals surface area contributed by atoms with Crippen LogP contribution in [0.15, 0.2) is 15.4 Å². The number of rotatable bonds is 7. The minimum absolute atomic E-state index is 0.117. The molecule has 216 valence electrons. The summed E-state index contributed by atoms with van der Waals surface area (Å²) in [6.07, 6.45) is 0.952. The molecule has 2 N–H and O–H groups in total. The van der Waals surface area contributed by atoms with Gasteiger partial charge in [-0.3, -0.25) is 29.2 Å². The summed E-state index contributed by atoms with van der Waals surface area (Å²) < 4.78 is 44.5. The Balaban J connectivity index is -0.000000418. The summed E-state index contributed by atoms with van der Waals surface area (Å²) in [5.74, 6) is -1.52. The van der Waals surface area contributed by atoms with Crippen molar-refractivity contribution in [3.63, 3.8) is 0 Å². The number of sulfonamides is 1. The van der Waals surface area contributed by atoms with Gasteiger partial charge in [0.2, 0.25) is 27.7 Å². The number of Topliss-reactive ketones (excluding diaryl/α,β-unsaturated/α-hetero) is 1. The summed E-state index contributed by atoms with van der Waals surface area (Å²) in [6.45, 7) is 17.3. The highest BCUT2D eigenvalue weighted by Crippen LogP contribution is 2.03. The fourth-order valence-electron chi connectivity index (χ4n) is 1.59. The van der Waals surface area contributed by atoms with E-state index in [1.54, 1.807) is 41.5 Å². The van der Waals surface area contributed by atoms with Crippen molar-refractivity contribution in [3.05, 3.63) is 0 Å². The molecule has 0 aromatic carbocycles. The van der Waals surface area contributed by atoms with Gasteiger partial charge >= 0.3 is 0 Å². The van der Waals surface area contributed by atoms with Crippen molar-refractivity contribution in [1.82, 2.24) is 10.0 Å². The molecule has 1 heterocycles. The topological polar surface area (TPSA) is 198 Å². The minimum atomic E-state index is -3.37. The number of carbonyl (C=O) groups excluding carboxylic acids is 4. The lowest BCUT2D eigenvalue weighted by Gasteiger charge is -2.03. The van der Waals surface area contributed by atoms with E-state index in [0.29, 0.717) is 12.5 Å². The smallest absolute Gasteiger partial charge is 0.235 e. The lowest BCUT2D eigenvalue weighted by molar-refractivity contribution is -0.131. The van der Waals surface area contributed by atoms with Crippen LogP contribution in [0, 0.1) is 17.8 Å². The van der Waals surface area contributed by atoms with Crippen LogP contribution in [-0.2, 0) is 39.0 Å². The highest BCUT2D eigenvalue weighted by atomic mass is 32.2. The Morgan fingerprint density at radius 1 is 0.838 bits per heavy atom. The van der Waals surface area contributed by atoms with Crippen LogP contribution in [-0.4, -0.2) is 69.9 Å². The Bertz CT molecular complexity index is 1030. The van der Waals surface area contributed by atoms with Crippen molar-refractivity contribution < 1.29 is 36.0 Å². The quantitative estimate of drug-likeness (QED) is 0.463. The Morgan fingerprint density at radius 2 is 1.30 bits per heavy atom. The normalized spacial score (nSPS) is 12.5. The van der Waals surface area contributed by atoms with Gasteiger partial charge in [-0.25, -0.2) is 16.8 Å². The molecule has 1 aliphatic heterocycles. The van der Waals surface area contributed by atoms with E-state index in [-0.39, 0.29) is 35.2 Å². The summed E-state index contributed by atoms with van der Waals surface area (Å²) in [5.41, 5.74) is 1.09. The first-order valence-electron chi connectivity index (χ1n) is 11.5. The van der Waals surface area contributed by atoms with Crippen LogP contribution in [0.4, 0.5) is 0 Å². The van der Waals surface area contributed by atoms with E-state index >= 15 is 0 Å². The molecule has 0 bridgehead atoms. The zero-order valence-corrected chi connectivity index (χ0v) is 25.3. The molecule has 0 aliphatic carbocycles. The first-order valence-corrected chi connectivity index (χ1v) is 15.1. The molecule has 0 saturated heterocycles. The van der Waals surface area contributed by atoms with E-state index in [4.69, 9.17) is 0 Å². The second-order valence-corrected chi connectivity index (χ2v) is 13.6. The van der Waals surface area contributed by atoms with Crippen molar-refractivity contribution in [2.75, 3.05) is 18.6 Å². The molecule has 0 saturated carbocycles. The number of imide groups is 1. The monoisotopic (exact) mass is 569 g/mol. The highest BCUT2D eigenvalue weighted by Gasteiger charge is 2.17. The maximum atomic E-state index is 10.9. The summed E-state index contributed by atoms with van der Waals surface area (Å²) in [6, 6.07) is 0. The van der Waals surface area contributed by atoms with Gasteiger partial charge < -0.3 is 0 Å². The number of ketones is 1. The van der Waals surface area contributed by atoms with Crippen molar-refractivity contribution in [2.45, 2.75) is 74.5 Å². The molecule has 13 nitrogen and oxygen atoms in total. The van der Waals surface area contributed by atoms with E-state index in [0.717, 1.165) is 12.0 Å². The predicted molar refractivity (Wildman–Crippen MR) is 143 cm³/mol. The van der Waals surface area contributed by atoms with Gasteiger partial charge in [0.25, 0.3) is 0 Å². The third kappa shape index (κ3) is 24.9. The van der Waals surface area contributed by atoms with Gasteiger partial charge in [-0.1, -0.05) is 41.5 Å². The van der Waals surface area contributed by atoms with Crippen LogP contribution in [0.5, 0.6) is 0 Å². The number of hydrogen-bond acceptors (Lipinski definition) is 11. The molecule has 3 amide bonds. The Labute approximate surface area is 221 Å². The van der Waals surface area contributed by atoms with Gasteiger partial charge in [0.1, 0.15) is 18.1 Å². The fraction of sp³-hybridized carbons (Fsp3) is 0.773. The van der Waals surface area contributed by atoms with Crippen LogP contribution in [0.25, 0.3) is 0 Å². The third-order valence-corrected chi connectivity index (χ3v) is 6.71. The molecule has 0 unspecified atom stereocenters. The van der Waals surface area contributed by atoms with E-state index < -0.39 is 31.0 Å². The molecule has 1 aliphatic rings. The van der Waals surface area contributed by atoms with E-state index in [1.165, 1.54) is 13.8 Å². The first-order chi connectivity index (χ1) is 16.5. The average Bonchev–Trinajstić information content (AvgIpc) is 3.21. The number of hydrogen-bond donors (Lipinski definition) is 2. The lowest BCUT2D eigenvalue weighted by Crippen LogP contribution is -2.32. The Kier molecular flexibility index (Phi) is 19.7. The Hall–Kier alpha value is -2.55. The molecule has 0 aromatic rings. The summed E-state index contributed by atoms with van der Waals surface area (Å²) >= 11 is 0. The summed E-state index contributed by atoms with van der Waals surface area (Å²) in [4.78, 5) is 41.9. The summed E-state index contributed by atoms with van der Waals surface area (Å²) in [5, 5.41) is 12.7. The molecular formula is C22H43N5O8S2. The van der Waals surface area contributed by atoms with Crippen LogP contribution in [0.1, 0.15) is 69.2 Å². The minimum Gasteiger partial charge on any atom is -0.299 e. The molecular weight excluding hydrogens is 526 g/mol. The molecule has 15 heteroatoms. The van der Waals surface area contributed by atoms with Crippen molar-refractivity contribution in [2.24, 2.45) is 33.2 Å². The SMILES string of the molecule is CC(=O)CS(=O)(=O)C(C)C.CC(=O)NC(=O)C(C)C.CC(C)C(=O)NS(C)(=O)=O.CC(C)C1=NN=NC1. The van der Waals surface area contributed by atoms with Crippen LogP contribution >= 0.6 is 0 Å². The van der Waals surface area contributed by atoms with Crippen LogP contribution in [0.2, 0.25) is 0 Å². The maximum Gasteiger partial charge on any atom is 0.235 e. The zero-order chi connectivity index (χ0) is 30.1. The van der Waals surface area contributed by atoms with Crippen LogP contribution in [0.3, 0.4) is 0 Å². The van der Waals surface area contributed by atoms with Gasteiger partial charge in [0, 0.05) is 18.8 Å². The fourth-order valence-corrected chi connectivity index (χ4v) is 3.09. The van der Waals surface area contributed by atoms with Crippen LogP contribution < -0.4 is 10.0 Å². The van der Waals surface area contributed by atoms with Gasteiger partial charge in [-0.2, -0.15) is 5.11 Å². The van der Waals surface area contributed by atoms with Gasteiger partial charge in [-0.05, 0) is 31.9 Å². The molecule has 0 aromatic heterocycles. The van der Waals surface area contributed by atoms with E-state index in [1.807, 2.05) is 4.72 Å². The number of carbonyl (C=O) groups is 4. The van der Waals surface area contributed by atoms with E-state index in [9.17, 15) is 36.0 Å². The first kappa shape index (κ1) is 39.0. The highest BCUT2D eigenvalue weighted by molar-refractivity contribution is 7.92. The molecule has 0 atom stereocenters. The standard InChI is InChI=1S/C6H11NO2.C6H12O3S.C5H9N3.C5H11NO3S/c1-4(2)6(9)7-5(3)8;1-5(2)10(8,9)4-6(3)7;1-4(2)5-3-6-8-7-5;1-4(2)5(7)6-10(3,8)9/h4H,1-3H3,(H,7,8,9);5H,4H2,1-3H3;4H,3H2,1-2H3;4H,1-3H3,(H,6,7). The number of nitrogens with one attached hydrogen (secondary N) is 2. The van der Waals surface area contributed by atoms with E-state index in [2.05, 4.69) is 34.6 Å². The largest absolute Gasteiger partial charge is 0.299 e. The third-order valence-electron chi connectivity index (χ3n) is 3.89. The van der Waals surface area contributed by atoms with Gasteiger partial charge in [0.05, 0.1) is 17.2 Å². The molecule has 37 heavy (non-hydrogen) atoms. The molecule has 1 rings (SSSR count). The molecule has 0 spiro atoms. The number of sulfone groups is 1. The second kappa shape index (κ2) is 18.7. The maximum absolute atomic E-state index is 10.9. The predicted octanol–water partition coefficient (Wildman–Crippen LogP) is 1.89. The van der Waals surface area contributed by atoms with Crippen molar-refractivity contribution in [1.29, 1.82) is 0 Å². The zero-order valence-electron chi connectivity index (χ0n) is 23.6. The second-order valence-electron chi connectivity index (χ2n) is 9.29. The van der Waals surface area contributed by atoms with Gasteiger partial charge in [-0.15, -0.1) is 5.10 Å². The Morgan fingerprint density at radius 3 is 1.43 bits per heavy atom. The summed E-state index contributed by atoms with van der Waals surface area (Å²) in [7, 11) is -6.51. The van der Waals surface area contributed by atoms with Gasteiger partial charge in [0.15, 0.2) is 9.84 Å². The number of amides is 3. The average molecular weight is 570 g/mol. The van der Waals surface area contributed by atoms with Crippen molar-refractivity contribution >= 4 is 49.1 Å². The van der Waals surface area contributed by atoms with Crippen molar-refractivity contribution in [3.8, 4) is 0 Å². The molecule has 0 radical (unpaired) electrons.